The molecule has 1 aliphatic carbocycles. The van der Waals surface area contributed by atoms with Crippen LogP contribution in [-0.4, -0.2) is 31.1 Å². The second-order valence-corrected chi connectivity index (χ2v) is 8.25. The van der Waals surface area contributed by atoms with E-state index >= 15 is 0 Å². The number of rotatable bonds is 3. The summed E-state index contributed by atoms with van der Waals surface area (Å²) in [5.41, 5.74) is 0.359. The predicted molar refractivity (Wildman–Crippen MR) is 88.3 cm³/mol. The van der Waals surface area contributed by atoms with Gasteiger partial charge in [0.2, 0.25) is 0 Å². The second kappa shape index (κ2) is 6.43. The summed E-state index contributed by atoms with van der Waals surface area (Å²) in [5.74, 6) is -0.717. The highest BCUT2D eigenvalue weighted by atomic mass is 32.2. The summed E-state index contributed by atoms with van der Waals surface area (Å²) in [6, 6.07) is 7.64. The molecule has 0 aliphatic heterocycles. The maximum atomic E-state index is 14.1. The van der Waals surface area contributed by atoms with Gasteiger partial charge in [-0.25, -0.2) is 17.2 Å². The average molecular weight is 379 g/mol. The minimum absolute atomic E-state index is 0.00635. The molecule has 8 heteroatoms. The molecule has 0 fully saturated rings. The molecule has 0 heterocycles. The molecule has 2 aromatic rings. The van der Waals surface area contributed by atoms with Crippen LogP contribution < -0.4 is 0 Å². The van der Waals surface area contributed by atoms with Gasteiger partial charge in [-0.3, -0.25) is 0 Å². The maximum Gasteiger partial charge on any atom is 0.175 e. The lowest BCUT2D eigenvalue weighted by Gasteiger charge is -2.18. The number of aliphatic hydroxyl groups excluding tert-OH is 2. The van der Waals surface area contributed by atoms with Gasteiger partial charge in [0.05, 0.1) is 16.5 Å². The number of alkyl halides is 1. The number of nitriles is 1. The molecule has 0 unspecified atom stereocenters. The molecular formula is C18H15F2NO4S. The van der Waals surface area contributed by atoms with Crippen LogP contribution in [0.1, 0.15) is 40.0 Å². The van der Waals surface area contributed by atoms with Crippen LogP contribution in [0.3, 0.4) is 0 Å². The van der Waals surface area contributed by atoms with E-state index in [2.05, 4.69) is 0 Å². The second-order valence-electron chi connectivity index (χ2n) is 6.27. The fourth-order valence-electron chi connectivity index (χ4n) is 3.29. The van der Waals surface area contributed by atoms with Gasteiger partial charge in [-0.2, -0.15) is 5.26 Å². The third-order valence-corrected chi connectivity index (χ3v) is 5.60. The highest BCUT2D eigenvalue weighted by molar-refractivity contribution is 7.90. The molecule has 0 aromatic heterocycles. The number of nitrogens with zero attached hydrogens (tertiary/aromatic N) is 1. The van der Waals surface area contributed by atoms with E-state index in [9.17, 15) is 27.4 Å². The van der Waals surface area contributed by atoms with Crippen LogP contribution in [0, 0.1) is 17.1 Å². The zero-order chi connectivity index (χ0) is 19.2. The quantitative estimate of drug-likeness (QED) is 0.851. The molecule has 0 saturated carbocycles. The minimum Gasteiger partial charge on any atom is -0.385 e. The molecule has 0 radical (unpaired) electrons. The summed E-state index contributed by atoms with van der Waals surface area (Å²) >= 11 is 0. The van der Waals surface area contributed by atoms with Gasteiger partial charge in [-0.1, -0.05) is 6.07 Å². The first kappa shape index (κ1) is 18.5. The van der Waals surface area contributed by atoms with E-state index in [-0.39, 0.29) is 39.1 Å². The van der Waals surface area contributed by atoms with Crippen molar-refractivity contribution in [3.63, 3.8) is 0 Å². The van der Waals surface area contributed by atoms with Crippen molar-refractivity contribution in [3.05, 3.63) is 64.0 Å². The van der Waals surface area contributed by atoms with Crippen molar-refractivity contribution < 1.29 is 27.4 Å². The summed E-state index contributed by atoms with van der Waals surface area (Å²) in [7, 11) is -3.72. The Balaban J connectivity index is 2.19. The normalized spacial score (nSPS) is 20.5. The molecule has 136 valence electrons. The fourth-order valence-corrected chi connectivity index (χ4v) is 4.25. The molecule has 0 bridgehead atoms. The lowest BCUT2D eigenvalue weighted by molar-refractivity contribution is 0.0907. The van der Waals surface area contributed by atoms with Crippen molar-refractivity contribution in [2.45, 2.75) is 29.7 Å². The number of hydrogen-bond donors (Lipinski definition) is 2. The number of fused-ring (bicyclic) bond motifs is 1. The van der Waals surface area contributed by atoms with E-state index in [4.69, 9.17) is 5.26 Å². The van der Waals surface area contributed by atoms with Crippen LogP contribution in [0.5, 0.6) is 0 Å². The summed E-state index contributed by atoms with van der Waals surface area (Å²) in [6.45, 7) is 0. The first-order valence-corrected chi connectivity index (χ1v) is 9.59. The van der Waals surface area contributed by atoms with Crippen molar-refractivity contribution in [1.82, 2.24) is 0 Å². The van der Waals surface area contributed by atoms with Gasteiger partial charge < -0.3 is 10.2 Å². The Morgan fingerprint density at radius 3 is 2.62 bits per heavy atom. The number of halogens is 2. The molecule has 0 amide bonds. The van der Waals surface area contributed by atoms with E-state index < -0.39 is 34.0 Å². The molecule has 2 N–H and O–H groups in total. The van der Waals surface area contributed by atoms with Crippen LogP contribution in [0.15, 0.2) is 35.2 Å². The largest absolute Gasteiger partial charge is 0.385 e. The van der Waals surface area contributed by atoms with Crippen LogP contribution in [0.2, 0.25) is 0 Å². The summed E-state index contributed by atoms with van der Waals surface area (Å²) in [6.07, 6.45) is -4.06. The lowest BCUT2D eigenvalue weighted by Crippen LogP contribution is -2.11. The van der Waals surface area contributed by atoms with Gasteiger partial charge >= 0.3 is 0 Å². The van der Waals surface area contributed by atoms with E-state index in [0.717, 1.165) is 18.4 Å². The minimum atomic E-state index is -3.72. The zero-order valence-corrected chi connectivity index (χ0v) is 14.5. The third kappa shape index (κ3) is 3.09. The highest BCUT2D eigenvalue weighted by Crippen LogP contribution is 2.42. The first-order valence-electron chi connectivity index (χ1n) is 7.70. The van der Waals surface area contributed by atoms with E-state index in [1.165, 1.54) is 18.2 Å². The van der Waals surface area contributed by atoms with E-state index in [0.29, 0.717) is 0 Å². The highest BCUT2D eigenvalue weighted by Gasteiger charge is 2.38. The Hall–Kier alpha value is -2.34. The smallest absolute Gasteiger partial charge is 0.175 e. The molecule has 5 nitrogen and oxygen atoms in total. The van der Waals surface area contributed by atoms with E-state index in [1.54, 1.807) is 6.07 Å². The van der Waals surface area contributed by atoms with Crippen molar-refractivity contribution in [3.8, 4) is 6.07 Å². The lowest BCUT2D eigenvalue weighted by atomic mass is 9.93. The van der Waals surface area contributed by atoms with Gasteiger partial charge in [-0.05, 0) is 41.0 Å². The Bertz CT molecular complexity index is 1030. The molecule has 2 aromatic carbocycles. The number of sulfone groups is 1. The van der Waals surface area contributed by atoms with Gasteiger partial charge in [0, 0.05) is 18.2 Å². The van der Waals surface area contributed by atoms with Crippen LogP contribution in [0.25, 0.3) is 0 Å². The summed E-state index contributed by atoms with van der Waals surface area (Å²) in [5, 5.41) is 29.7. The summed E-state index contributed by atoms with van der Waals surface area (Å²) < 4.78 is 51.6. The fraction of sp³-hybridized carbons (Fsp3) is 0.278. The Morgan fingerprint density at radius 2 is 2.00 bits per heavy atom. The van der Waals surface area contributed by atoms with E-state index in [1.807, 2.05) is 0 Å². The van der Waals surface area contributed by atoms with Gasteiger partial charge in [-0.15, -0.1) is 0 Å². The third-order valence-electron chi connectivity index (χ3n) is 4.45. The Labute approximate surface area is 149 Å². The van der Waals surface area contributed by atoms with Crippen LogP contribution in [-0.2, 0) is 16.3 Å². The van der Waals surface area contributed by atoms with Crippen molar-refractivity contribution in [2.24, 2.45) is 0 Å². The molecule has 1 aliphatic rings. The Kier molecular flexibility index (Phi) is 4.56. The number of benzene rings is 2. The van der Waals surface area contributed by atoms with Crippen LogP contribution >= 0.6 is 0 Å². The Morgan fingerprint density at radius 1 is 1.31 bits per heavy atom. The monoisotopic (exact) mass is 379 g/mol. The van der Waals surface area contributed by atoms with Crippen molar-refractivity contribution in [2.75, 3.05) is 6.26 Å². The van der Waals surface area contributed by atoms with Gasteiger partial charge in [0.1, 0.15) is 24.2 Å². The number of hydrogen-bond acceptors (Lipinski definition) is 5. The molecule has 3 atom stereocenters. The zero-order valence-electron chi connectivity index (χ0n) is 13.6. The number of aliphatic hydroxyl groups is 2. The maximum absolute atomic E-state index is 14.1. The average Bonchev–Trinajstić information content (AvgIpc) is 2.87. The molecule has 26 heavy (non-hydrogen) atoms. The first-order chi connectivity index (χ1) is 12.1. The van der Waals surface area contributed by atoms with Gasteiger partial charge in [0.25, 0.3) is 0 Å². The van der Waals surface area contributed by atoms with Gasteiger partial charge in [0.15, 0.2) is 9.84 Å². The van der Waals surface area contributed by atoms with Crippen LogP contribution in [0.4, 0.5) is 8.78 Å². The standard InChI is InChI=1S/C18H15F2NO4S/c1-26(24,25)15-3-2-12(13-7-14(20)18(23)16(13)15)17(22)10-4-9(8-21)5-11(19)6-10/h2-6,14,17-18,22-23H,7H2,1H3/t14-,17+,18+/m0/s1. The molecular weight excluding hydrogens is 364 g/mol. The van der Waals surface area contributed by atoms with Crippen molar-refractivity contribution >= 4 is 9.84 Å². The molecule has 0 spiro atoms. The summed E-state index contributed by atoms with van der Waals surface area (Å²) in [4.78, 5) is -0.201. The van der Waals surface area contributed by atoms with Crippen molar-refractivity contribution in [1.29, 1.82) is 5.26 Å². The SMILES string of the molecule is CS(=O)(=O)c1ccc([C@H](O)c2cc(F)cc(C#N)c2)c2c1[C@H](O)[C@@H](F)C2. The molecule has 3 rings (SSSR count). The molecule has 0 saturated heterocycles. The predicted octanol–water partition coefficient (Wildman–Crippen LogP) is 2.11. The topological polar surface area (TPSA) is 98.4 Å².